The van der Waals surface area contributed by atoms with Crippen molar-refractivity contribution in [3.05, 3.63) is 0 Å². The number of ether oxygens (including phenoxy) is 2. The summed E-state index contributed by atoms with van der Waals surface area (Å²) in [5, 5.41) is 3.50. The molecule has 0 aromatic carbocycles. The highest BCUT2D eigenvalue weighted by atomic mass is 16.5. The molecule has 0 aliphatic heterocycles. The smallest absolute Gasteiger partial charge is 0.0701 e. The van der Waals surface area contributed by atoms with Crippen LogP contribution in [0.4, 0.5) is 0 Å². The second-order valence-corrected chi connectivity index (χ2v) is 5.79. The Morgan fingerprint density at radius 3 is 2.44 bits per heavy atom. The first kappa shape index (κ1) is 15.9. The third kappa shape index (κ3) is 8.90. The van der Waals surface area contributed by atoms with Gasteiger partial charge in [0.15, 0.2) is 0 Å². The van der Waals surface area contributed by atoms with Crippen LogP contribution in [-0.2, 0) is 9.47 Å². The predicted octanol–water partition coefficient (Wildman–Crippen LogP) is 2.85. The molecule has 1 fully saturated rings. The molecule has 1 aliphatic carbocycles. The lowest BCUT2D eigenvalue weighted by Crippen LogP contribution is -2.27. The van der Waals surface area contributed by atoms with Crippen LogP contribution in [0.3, 0.4) is 0 Å². The maximum absolute atomic E-state index is 5.52. The fourth-order valence-electron chi connectivity index (χ4n) is 2.38. The van der Waals surface area contributed by atoms with Crippen molar-refractivity contribution in [2.45, 2.75) is 46.0 Å². The number of hydrogen-bond donors (Lipinski definition) is 1. The van der Waals surface area contributed by atoms with Crippen LogP contribution in [0.1, 0.15) is 46.0 Å². The lowest BCUT2D eigenvalue weighted by atomic mass is 9.89. The SMILES string of the molecule is CC(C)COCCOCCNCC1CCCCC1. The number of nitrogens with one attached hydrogen (secondary N) is 1. The molecule has 18 heavy (non-hydrogen) atoms. The van der Waals surface area contributed by atoms with Crippen LogP contribution in [0.15, 0.2) is 0 Å². The van der Waals surface area contributed by atoms with Crippen molar-refractivity contribution in [2.24, 2.45) is 11.8 Å². The minimum Gasteiger partial charge on any atom is -0.379 e. The molecule has 1 aliphatic rings. The molecular formula is C15H31NO2. The van der Waals surface area contributed by atoms with Gasteiger partial charge in [0.1, 0.15) is 0 Å². The van der Waals surface area contributed by atoms with Gasteiger partial charge < -0.3 is 14.8 Å². The molecule has 0 atom stereocenters. The first-order valence-corrected chi connectivity index (χ1v) is 7.65. The first-order chi connectivity index (χ1) is 8.79. The molecule has 0 bridgehead atoms. The lowest BCUT2D eigenvalue weighted by Gasteiger charge is -2.21. The summed E-state index contributed by atoms with van der Waals surface area (Å²) in [6, 6.07) is 0. The third-order valence-corrected chi connectivity index (χ3v) is 3.40. The highest BCUT2D eigenvalue weighted by molar-refractivity contribution is 4.67. The van der Waals surface area contributed by atoms with Crippen molar-refractivity contribution in [3.63, 3.8) is 0 Å². The molecule has 0 aromatic heterocycles. The molecular weight excluding hydrogens is 226 g/mol. The fraction of sp³-hybridized carbons (Fsp3) is 1.00. The Bertz CT molecular complexity index is 179. The van der Waals surface area contributed by atoms with Crippen molar-refractivity contribution < 1.29 is 9.47 Å². The van der Waals surface area contributed by atoms with Gasteiger partial charge >= 0.3 is 0 Å². The van der Waals surface area contributed by atoms with Gasteiger partial charge in [0.05, 0.1) is 19.8 Å². The molecule has 0 aromatic rings. The average Bonchev–Trinajstić information content (AvgIpc) is 2.37. The summed E-state index contributed by atoms with van der Waals surface area (Å²) in [4.78, 5) is 0. The topological polar surface area (TPSA) is 30.5 Å². The summed E-state index contributed by atoms with van der Waals surface area (Å²) >= 11 is 0. The minimum atomic E-state index is 0.613. The zero-order chi connectivity index (χ0) is 13.1. The van der Waals surface area contributed by atoms with E-state index >= 15 is 0 Å². The van der Waals surface area contributed by atoms with Crippen LogP contribution >= 0.6 is 0 Å². The van der Waals surface area contributed by atoms with E-state index in [2.05, 4.69) is 19.2 Å². The monoisotopic (exact) mass is 257 g/mol. The molecule has 0 unspecified atom stereocenters. The van der Waals surface area contributed by atoms with Crippen molar-refractivity contribution >= 4 is 0 Å². The second kappa shape index (κ2) is 10.8. The van der Waals surface area contributed by atoms with Crippen molar-refractivity contribution in [1.82, 2.24) is 5.32 Å². The Kier molecular flexibility index (Phi) is 9.54. The number of rotatable bonds is 10. The van der Waals surface area contributed by atoms with E-state index in [9.17, 15) is 0 Å². The quantitative estimate of drug-likeness (QED) is 0.610. The van der Waals surface area contributed by atoms with Gasteiger partial charge in [-0.2, -0.15) is 0 Å². The van der Waals surface area contributed by atoms with Gasteiger partial charge in [-0.1, -0.05) is 33.1 Å². The van der Waals surface area contributed by atoms with Gasteiger partial charge in [0.25, 0.3) is 0 Å². The van der Waals surface area contributed by atoms with Crippen LogP contribution < -0.4 is 5.32 Å². The van der Waals surface area contributed by atoms with Crippen LogP contribution in [0, 0.1) is 11.8 Å². The van der Waals surface area contributed by atoms with Crippen LogP contribution in [0.5, 0.6) is 0 Å². The molecule has 1 N–H and O–H groups in total. The second-order valence-electron chi connectivity index (χ2n) is 5.79. The Morgan fingerprint density at radius 1 is 1.00 bits per heavy atom. The molecule has 0 radical (unpaired) electrons. The van der Waals surface area contributed by atoms with Gasteiger partial charge in [-0.3, -0.25) is 0 Å². The summed E-state index contributed by atoms with van der Waals surface area (Å²) in [5.74, 6) is 1.52. The normalized spacial score (nSPS) is 17.5. The zero-order valence-electron chi connectivity index (χ0n) is 12.2. The van der Waals surface area contributed by atoms with Crippen molar-refractivity contribution in [1.29, 1.82) is 0 Å². The van der Waals surface area contributed by atoms with E-state index in [1.54, 1.807) is 0 Å². The van der Waals surface area contributed by atoms with Gasteiger partial charge in [-0.25, -0.2) is 0 Å². The highest BCUT2D eigenvalue weighted by Crippen LogP contribution is 2.22. The van der Waals surface area contributed by atoms with Gasteiger partial charge in [-0.05, 0) is 31.2 Å². The molecule has 0 amide bonds. The minimum absolute atomic E-state index is 0.613. The Balaban J connectivity index is 1.75. The third-order valence-electron chi connectivity index (χ3n) is 3.40. The van der Waals surface area contributed by atoms with Crippen molar-refractivity contribution in [3.8, 4) is 0 Å². The van der Waals surface area contributed by atoms with E-state index in [1.807, 2.05) is 0 Å². The molecule has 0 saturated heterocycles. The van der Waals surface area contributed by atoms with Crippen molar-refractivity contribution in [2.75, 3.05) is 39.5 Å². The fourth-order valence-corrected chi connectivity index (χ4v) is 2.38. The molecule has 3 heteroatoms. The first-order valence-electron chi connectivity index (χ1n) is 7.65. The standard InChI is InChI=1S/C15H31NO2/c1-14(2)13-18-11-10-17-9-8-16-12-15-6-4-3-5-7-15/h14-16H,3-13H2,1-2H3. The van der Waals surface area contributed by atoms with Gasteiger partial charge in [0.2, 0.25) is 0 Å². The largest absolute Gasteiger partial charge is 0.379 e. The summed E-state index contributed by atoms with van der Waals surface area (Å²) < 4.78 is 11.0. The maximum atomic E-state index is 5.52. The van der Waals surface area contributed by atoms with E-state index in [1.165, 1.54) is 38.6 Å². The summed E-state index contributed by atoms with van der Waals surface area (Å²) in [6.07, 6.45) is 7.12. The Morgan fingerprint density at radius 2 is 1.72 bits per heavy atom. The van der Waals surface area contributed by atoms with Crippen LogP contribution in [0.2, 0.25) is 0 Å². The molecule has 1 saturated carbocycles. The zero-order valence-corrected chi connectivity index (χ0v) is 12.2. The average molecular weight is 257 g/mol. The summed E-state index contributed by atoms with van der Waals surface area (Å²) in [6.45, 7) is 9.56. The molecule has 0 heterocycles. The summed E-state index contributed by atoms with van der Waals surface area (Å²) in [5.41, 5.74) is 0. The Labute approximate surface area is 113 Å². The lowest BCUT2D eigenvalue weighted by molar-refractivity contribution is 0.0385. The molecule has 0 spiro atoms. The number of hydrogen-bond acceptors (Lipinski definition) is 3. The molecule has 108 valence electrons. The van der Waals surface area contributed by atoms with E-state index in [-0.39, 0.29) is 0 Å². The van der Waals surface area contributed by atoms with Gasteiger partial charge in [0, 0.05) is 13.2 Å². The Hall–Kier alpha value is -0.120. The van der Waals surface area contributed by atoms with Crippen LogP contribution in [-0.4, -0.2) is 39.5 Å². The maximum Gasteiger partial charge on any atom is 0.0701 e. The molecule has 1 rings (SSSR count). The van der Waals surface area contributed by atoms with E-state index in [0.29, 0.717) is 5.92 Å². The van der Waals surface area contributed by atoms with Crippen LogP contribution in [0.25, 0.3) is 0 Å². The van der Waals surface area contributed by atoms with E-state index < -0.39 is 0 Å². The molecule has 3 nitrogen and oxygen atoms in total. The van der Waals surface area contributed by atoms with E-state index in [4.69, 9.17) is 9.47 Å². The summed E-state index contributed by atoms with van der Waals surface area (Å²) in [7, 11) is 0. The van der Waals surface area contributed by atoms with Gasteiger partial charge in [-0.15, -0.1) is 0 Å². The predicted molar refractivity (Wildman–Crippen MR) is 75.9 cm³/mol. The van der Waals surface area contributed by atoms with E-state index in [0.717, 1.165) is 38.9 Å². The highest BCUT2D eigenvalue weighted by Gasteiger charge is 2.12.